The summed E-state index contributed by atoms with van der Waals surface area (Å²) in [6.45, 7) is 6.23. The molecule has 0 aliphatic carbocycles. The molecule has 1 amide bonds. The predicted molar refractivity (Wildman–Crippen MR) is 70.4 cm³/mol. The maximum Gasteiger partial charge on any atom is 0.269 e. The lowest BCUT2D eigenvalue weighted by atomic mass is 10.2. The van der Waals surface area contributed by atoms with Crippen molar-refractivity contribution in [3.05, 3.63) is 29.6 Å². The highest BCUT2D eigenvalue weighted by atomic mass is 16.1. The Labute approximate surface area is 108 Å². The number of hydrogen-bond acceptors (Lipinski definition) is 4. The maximum absolute atomic E-state index is 11.4. The molecule has 1 atom stereocenters. The van der Waals surface area contributed by atoms with Gasteiger partial charge in [-0.2, -0.15) is 0 Å². The molecule has 1 aromatic rings. The summed E-state index contributed by atoms with van der Waals surface area (Å²) in [5.74, 6) is -0.141. The van der Waals surface area contributed by atoms with Crippen LogP contribution in [0.2, 0.25) is 0 Å². The van der Waals surface area contributed by atoms with Crippen LogP contribution in [0.4, 0.5) is 0 Å². The van der Waals surface area contributed by atoms with E-state index in [4.69, 9.17) is 0 Å². The normalized spacial score (nSPS) is 20.7. The number of nitrogens with one attached hydrogen (secondary N) is 2. The van der Waals surface area contributed by atoms with E-state index in [9.17, 15) is 4.79 Å². The van der Waals surface area contributed by atoms with Crippen LogP contribution in [0.5, 0.6) is 0 Å². The Morgan fingerprint density at radius 1 is 1.61 bits per heavy atom. The second-order valence-corrected chi connectivity index (χ2v) is 4.72. The Hall–Kier alpha value is -1.46. The van der Waals surface area contributed by atoms with E-state index in [2.05, 4.69) is 27.4 Å². The van der Waals surface area contributed by atoms with Gasteiger partial charge < -0.3 is 10.6 Å². The minimum Gasteiger partial charge on any atom is -0.354 e. The lowest BCUT2D eigenvalue weighted by molar-refractivity contribution is 0.0958. The van der Waals surface area contributed by atoms with Gasteiger partial charge >= 0.3 is 0 Å². The Morgan fingerprint density at radius 3 is 3.06 bits per heavy atom. The average molecular weight is 248 g/mol. The minimum atomic E-state index is -0.141. The van der Waals surface area contributed by atoms with Crippen molar-refractivity contribution in [2.24, 2.45) is 0 Å². The van der Waals surface area contributed by atoms with Crippen LogP contribution in [0, 0.1) is 0 Å². The molecule has 1 aliphatic rings. The summed E-state index contributed by atoms with van der Waals surface area (Å²) in [7, 11) is 1.61. The first kappa shape index (κ1) is 13.0. The summed E-state index contributed by atoms with van der Waals surface area (Å²) in [5, 5.41) is 5.99. The van der Waals surface area contributed by atoms with Crippen molar-refractivity contribution in [1.82, 2.24) is 20.5 Å². The topological polar surface area (TPSA) is 57.3 Å². The third kappa shape index (κ3) is 3.27. The molecule has 1 fully saturated rings. The van der Waals surface area contributed by atoms with Crippen molar-refractivity contribution in [2.75, 3.05) is 26.7 Å². The summed E-state index contributed by atoms with van der Waals surface area (Å²) in [5.41, 5.74) is 1.62. The van der Waals surface area contributed by atoms with Crippen LogP contribution in [-0.2, 0) is 6.54 Å². The van der Waals surface area contributed by atoms with Gasteiger partial charge in [0.1, 0.15) is 5.69 Å². The third-order valence-corrected chi connectivity index (χ3v) is 3.14. The monoisotopic (exact) mass is 248 g/mol. The van der Waals surface area contributed by atoms with Crippen LogP contribution in [0.15, 0.2) is 18.3 Å². The van der Waals surface area contributed by atoms with E-state index in [1.54, 1.807) is 19.3 Å². The lowest BCUT2D eigenvalue weighted by Crippen LogP contribution is -2.48. The zero-order valence-corrected chi connectivity index (χ0v) is 10.9. The highest BCUT2D eigenvalue weighted by Gasteiger charge is 2.15. The number of amides is 1. The summed E-state index contributed by atoms with van der Waals surface area (Å²) in [6, 6.07) is 4.29. The van der Waals surface area contributed by atoms with Crippen molar-refractivity contribution in [3.63, 3.8) is 0 Å². The molecule has 0 radical (unpaired) electrons. The van der Waals surface area contributed by atoms with E-state index < -0.39 is 0 Å². The predicted octanol–water partition coefficient (Wildman–Crippen LogP) is 0.235. The van der Waals surface area contributed by atoms with E-state index in [-0.39, 0.29) is 5.91 Å². The zero-order chi connectivity index (χ0) is 13.0. The number of carbonyl (C=O) groups excluding carboxylic acids is 1. The van der Waals surface area contributed by atoms with Gasteiger partial charge in [0, 0.05) is 45.5 Å². The molecule has 0 spiro atoms. The van der Waals surface area contributed by atoms with Crippen molar-refractivity contribution in [2.45, 2.75) is 19.5 Å². The van der Waals surface area contributed by atoms with E-state index in [0.717, 1.165) is 31.7 Å². The number of nitrogens with zero attached hydrogens (tertiary/aromatic N) is 2. The van der Waals surface area contributed by atoms with Gasteiger partial charge in [-0.3, -0.25) is 14.7 Å². The molecule has 5 nitrogen and oxygen atoms in total. The fourth-order valence-corrected chi connectivity index (χ4v) is 2.19. The summed E-state index contributed by atoms with van der Waals surface area (Å²) < 4.78 is 0. The van der Waals surface area contributed by atoms with Gasteiger partial charge in [-0.25, -0.2) is 0 Å². The molecule has 0 unspecified atom stereocenters. The van der Waals surface area contributed by atoms with E-state index >= 15 is 0 Å². The maximum atomic E-state index is 11.4. The fraction of sp³-hybridized carbons (Fsp3) is 0.538. The quantitative estimate of drug-likeness (QED) is 0.804. The first-order valence-corrected chi connectivity index (χ1v) is 6.32. The molecular formula is C13H20N4O. The van der Waals surface area contributed by atoms with Crippen molar-refractivity contribution < 1.29 is 4.79 Å². The average Bonchev–Trinajstić information content (AvgIpc) is 2.39. The Kier molecular flexibility index (Phi) is 4.28. The molecule has 1 aliphatic heterocycles. The number of aromatic nitrogens is 1. The van der Waals surface area contributed by atoms with Gasteiger partial charge in [-0.05, 0) is 18.6 Å². The SMILES string of the molecule is CNC(=O)c1ccc(CN2CCN[C@@H](C)C2)cn1. The van der Waals surface area contributed by atoms with Crippen molar-refractivity contribution in [3.8, 4) is 0 Å². The second-order valence-electron chi connectivity index (χ2n) is 4.72. The second kappa shape index (κ2) is 5.93. The van der Waals surface area contributed by atoms with Gasteiger partial charge in [0.15, 0.2) is 0 Å². The van der Waals surface area contributed by atoms with Crippen LogP contribution in [0.3, 0.4) is 0 Å². The first-order valence-electron chi connectivity index (χ1n) is 6.32. The molecule has 1 saturated heterocycles. The first-order chi connectivity index (χ1) is 8.69. The molecule has 2 heterocycles. The summed E-state index contributed by atoms with van der Waals surface area (Å²) in [6.07, 6.45) is 1.79. The van der Waals surface area contributed by atoms with E-state index in [1.807, 2.05) is 6.07 Å². The van der Waals surface area contributed by atoms with Crippen LogP contribution in [-0.4, -0.2) is 48.5 Å². The molecule has 98 valence electrons. The molecular weight excluding hydrogens is 228 g/mol. The minimum absolute atomic E-state index is 0.141. The van der Waals surface area contributed by atoms with Crippen LogP contribution < -0.4 is 10.6 Å². The molecule has 0 bridgehead atoms. The van der Waals surface area contributed by atoms with Gasteiger partial charge in [-0.1, -0.05) is 6.07 Å². The largest absolute Gasteiger partial charge is 0.354 e. The van der Waals surface area contributed by atoms with Crippen molar-refractivity contribution >= 4 is 5.91 Å². The zero-order valence-electron chi connectivity index (χ0n) is 10.9. The van der Waals surface area contributed by atoms with Gasteiger partial charge in [-0.15, -0.1) is 0 Å². The van der Waals surface area contributed by atoms with E-state index in [1.165, 1.54) is 0 Å². The standard InChI is InChI=1S/C13H20N4O/c1-10-8-17(6-5-15-10)9-11-3-4-12(16-7-11)13(18)14-2/h3-4,7,10,15H,5-6,8-9H2,1-2H3,(H,14,18)/t10-/m0/s1. The lowest BCUT2D eigenvalue weighted by Gasteiger charge is -2.31. The highest BCUT2D eigenvalue weighted by Crippen LogP contribution is 2.07. The molecule has 5 heteroatoms. The summed E-state index contributed by atoms with van der Waals surface area (Å²) in [4.78, 5) is 17.9. The Balaban J connectivity index is 1.95. The van der Waals surface area contributed by atoms with Gasteiger partial charge in [0.25, 0.3) is 5.91 Å². The Morgan fingerprint density at radius 2 is 2.44 bits per heavy atom. The molecule has 2 N–H and O–H groups in total. The van der Waals surface area contributed by atoms with Crippen molar-refractivity contribution in [1.29, 1.82) is 0 Å². The number of rotatable bonds is 3. The fourth-order valence-electron chi connectivity index (χ4n) is 2.19. The van der Waals surface area contributed by atoms with E-state index in [0.29, 0.717) is 11.7 Å². The third-order valence-electron chi connectivity index (χ3n) is 3.14. The van der Waals surface area contributed by atoms with Gasteiger partial charge in [0.05, 0.1) is 0 Å². The number of hydrogen-bond donors (Lipinski definition) is 2. The number of carbonyl (C=O) groups is 1. The molecule has 0 saturated carbocycles. The molecule has 2 rings (SSSR count). The van der Waals surface area contributed by atoms with Gasteiger partial charge in [0.2, 0.25) is 0 Å². The number of piperazine rings is 1. The van der Waals surface area contributed by atoms with Crippen LogP contribution in [0.1, 0.15) is 23.0 Å². The smallest absolute Gasteiger partial charge is 0.269 e. The summed E-state index contributed by atoms with van der Waals surface area (Å²) >= 11 is 0. The molecule has 18 heavy (non-hydrogen) atoms. The highest BCUT2D eigenvalue weighted by molar-refractivity contribution is 5.91. The van der Waals surface area contributed by atoms with Crippen LogP contribution in [0.25, 0.3) is 0 Å². The van der Waals surface area contributed by atoms with Crippen LogP contribution >= 0.6 is 0 Å². The molecule has 0 aromatic carbocycles. The molecule has 1 aromatic heterocycles. The Bertz CT molecular complexity index is 404. The number of pyridine rings is 1.